The summed E-state index contributed by atoms with van der Waals surface area (Å²) >= 11 is 0. The Morgan fingerprint density at radius 1 is 0.290 bits per heavy atom. The SMILES string of the molecule is CC/C=C\C/C=C\C/C=C\C/C=C\C/C=C\CCCC(=O)OCC(COP(=O)(O)OCC(O)COP(=O)(O)OCC(COC(=O)CCCCCCCC/C=C\C/C=C\C/C=C\C/C=C\CC)OC(=O)CCCCCCC/C=C\C/C=C\CCC)OC(=O)CCCCCCC/C=C\CCCC. The lowest BCUT2D eigenvalue weighted by Gasteiger charge is -2.21. The Balaban J connectivity index is 5.38. The van der Waals surface area contributed by atoms with Crippen molar-refractivity contribution in [2.75, 3.05) is 39.6 Å². The monoisotopic (exact) mass is 1440 g/mol. The van der Waals surface area contributed by atoms with E-state index in [1.54, 1.807) is 0 Å². The lowest BCUT2D eigenvalue weighted by atomic mass is 10.1. The second kappa shape index (κ2) is 72.3. The highest BCUT2D eigenvalue weighted by molar-refractivity contribution is 7.47. The molecule has 0 aliphatic heterocycles. The average molecular weight is 1440 g/mol. The van der Waals surface area contributed by atoms with E-state index in [4.69, 9.17) is 37.0 Å². The van der Waals surface area contributed by atoms with Crippen LogP contribution in [0.15, 0.2) is 146 Å². The largest absolute Gasteiger partial charge is 0.472 e. The molecular weight excluding hydrogens is 1310 g/mol. The number of phosphoric acid groups is 2. The number of carbonyl (C=O) groups is 4. The van der Waals surface area contributed by atoms with E-state index in [0.717, 1.165) is 186 Å². The van der Waals surface area contributed by atoms with Crippen LogP contribution in [0.4, 0.5) is 0 Å². The Morgan fingerprint density at radius 2 is 0.550 bits per heavy atom. The number of aliphatic hydroxyl groups excluding tert-OH is 1. The molecule has 5 atom stereocenters. The number of esters is 4. The van der Waals surface area contributed by atoms with Crippen LogP contribution in [-0.2, 0) is 65.4 Å². The van der Waals surface area contributed by atoms with Crippen molar-refractivity contribution in [2.24, 2.45) is 0 Å². The van der Waals surface area contributed by atoms with Gasteiger partial charge in [0.05, 0.1) is 26.4 Å². The van der Waals surface area contributed by atoms with Crippen LogP contribution in [0.2, 0.25) is 0 Å². The summed E-state index contributed by atoms with van der Waals surface area (Å²) in [7, 11) is -9.98. The van der Waals surface area contributed by atoms with E-state index in [9.17, 15) is 43.2 Å². The van der Waals surface area contributed by atoms with Crippen LogP contribution in [0, 0.1) is 0 Å². The van der Waals surface area contributed by atoms with Crippen molar-refractivity contribution in [3.8, 4) is 0 Å². The van der Waals surface area contributed by atoms with Gasteiger partial charge < -0.3 is 33.8 Å². The quantitative estimate of drug-likeness (QED) is 0.0169. The summed E-state index contributed by atoms with van der Waals surface area (Å²) in [5.74, 6) is -2.29. The number of phosphoric ester groups is 2. The van der Waals surface area contributed by atoms with E-state index in [-0.39, 0.29) is 25.7 Å². The zero-order valence-corrected chi connectivity index (χ0v) is 63.9. The molecule has 19 heteroatoms. The van der Waals surface area contributed by atoms with Crippen molar-refractivity contribution in [1.82, 2.24) is 0 Å². The van der Waals surface area contributed by atoms with Crippen LogP contribution >= 0.6 is 15.6 Å². The normalized spacial score (nSPS) is 14.8. The molecule has 0 fully saturated rings. The molecule has 0 aromatic heterocycles. The first-order valence-corrected chi connectivity index (χ1v) is 41.1. The zero-order chi connectivity index (χ0) is 73.2. The number of carbonyl (C=O) groups excluding carboxylic acids is 4. The first-order valence-electron chi connectivity index (χ1n) is 38.1. The van der Waals surface area contributed by atoms with Gasteiger partial charge in [0.25, 0.3) is 0 Å². The predicted octanol–water partition coefficient (Wildman–Crippen LogP) is 21.9. The molecule has 0 heterocycles. The molecule has 0 aromatic carbocycles. The van der Waals surface area contributed by atoms with Gasteiger partial charge in [0.1, 0.15) is 19.3 Å². The Hall–Kier alpha value is -5.06. The molecule has 0 bridgehead atoms. The van der Waals surface area contributed by atoms with Crippen LogP contribution in [-0.4, -0.2) is 96.7 Å². The maximum Gasteiger partial charge on any atom is 0.472 e. The van der Waals surface area contributed by atoms with Crippen LogP contribution in [0.1, 0.15) is 285 Å². The number of hydrogen-bond donors (Lipinski definition) is 3. The summed E-state index contributed by atoms with van der Waals surface area (Å²) in [5, 5.41) is 10.6. The average Bonchev–Trinajstić information content (AvgIpc) is 0.937. The second-order valence-electron chi connectivity index (χ2n) is 24.8. The summed E-state index contributed by atoms with van der Waals surface area (Å²) in [5.41, 5.74) is 0. The molecule has 0 amide bonds. The maximum atomic E-state index is 13.1. The fourth-order valence-corrected chi connectivity index (χ4v) is 11.1. The zero-order valence-electron chi connectivity index (χ0n) is 62.1. The van der Waals surface area contributed by atoms with Gasteiger partial charge in [-0.25, -0.2) is 9.13 Å². The minimum atomic E-state index is -4.99. The minimum absolute atomic E-state index is 0.0680. The Bertz CT molecular complexity index is 2470. The van der Waals surface area contributed by atoms with Crippen molar-refractivity contribution >= 4 is 39.5 Å². The van der Waals surface area contributed by atoms with Crippen LogP contribution in [0.25, 0.3) is 0 Å². The van der Waals surface area contributed by atoms with Crippen molar-refractivity contribution in [2.45, 2.75) is 303 Å². The molecule has 0 spiro atoms. The summed E-state index contributed by atoms with van der Waals surface area (Å²) in [4.78, 5) is 72.8. The van der Waals surface area contributed by atoms with E-state index in [2.05, 4.69) is 161 Å². The lowest BCUT2D eigenvalue weighted by molar-refractivity contribution is -0.161. The molecule has 17 nitrogen and oxygen atoms in total. The summed E-state index contributed by atoms with van der Waals surface area (Å²) in [6.07, 6.45) is 81.4. The Morgan fingerprint density at radius 3 is 0.890 bits per heavy atom. The molecule has 0 rings (SSSR count). The molecule has 570 valence electrons. The van der Waals surface area contributed by atoms with Gasteiger partial charge in [-0.05, 0) is 148 Å². The lowest BCUT2D eigenvalue weighted by Crippen LogP contribution is -2.30. The molecule has 0 aliphatic carbocycles. The highest BCUT2D eigenvalue weighted by atomic mass is 31.2. The third-order valence-corrected chi connectivity index (χ3v) is 17.2. The topological polar surface area (TPSA) is 237 Å². The van der Waals surface area contributed by atoms with E-state index in [1.165, 1.54) is 12.8 Å². The van der Waals surface area contributed by atoms with E-state index < -0.39 is 97.5 Å². The number of aliphatic hydroxyl groups is 1. The molecule has 0 saturated carbocycles. The first kappa shape index (κ1) is 94.9. The molecule has 3 N–H and O–H groups in total. The van der Waals surface area contributed by atoms with E-state index >= 15 is 0 Å². The maximum absolute atomic E-state index is 13.1. The third kappa shape index (κ3) is 71.3. The number of ether oxygens (including phenoxy) is 4. The van der Waals surface area contributed by atoms with Gasteiger partial charge in [-0.15, -0.1) is 0 Å². The summed E-state index contributed by atoms with van der Waals surface area (Å²) < 4.78 is 68.3. The second-order valence-corrected chi connectivity index (χ2v) is 27.7. The van der Waals surface area contributed by atoms with Gasteiger partial charge in [0.15, 0.2) is 12.2 Å². The van der Waals surface area contributed by atoms with Crippen molar-refractivity contribution < 1.29 is 80.2 Å². The van der Waals surface area contributed by atoms with E-state index in [0.29, 0.717) is 32.1 Å². The van der Waals surface area contributed by atoms with Gasteiger partial charge in [-0.1, -0.05) is 257 Å². The van der Waals surface area contributed by atoms with Crippen LogP contribution < -0.4 is 0 Å². The third-order valence-electron chi connectivity index (χ3n) is 15.2. The Labute approximate surface area is 605 Å². The molecule has 0 aromatic rings. The number of unbranched alkanes of at least 4 members (excludes halogenated alkanes) is 20. The van der Waals surface area contributed by atoms with Crippen molar-refractivity contribution in [3.63, 3.8) is 0 Å². The Kier molecular flexibility index (Phi) is 68.6. The van der Waals surface area contributed by atoms with Gasteiger partial charge in [-0.2, -0.15) is 0 Å². The molecule has 5 unspecified atom stereocenters. The van der Waals surface area contributed by atoms with Gasteiger partial charge >= 0.3 is 39.5 Å². The van der Waals surface area contributed by atoms with Gasteiger partial charge in [0.2, 0.25) is 0 Å². The minimum Gasteiger partial charge on any atom is -0.462 e. The highest BCUT2D eigenvalue weighted by Gasteiger charge is 2.30. The predicted molar refractivity (Wildman–Crippen MR) is 408 cm³/mol. The molecule has 0 saturated heterocycles. The van der Waals surface area contributed by atoms with Crippen LogP contribution in [0.3, 0.4) is 0 Å². The standard InChI is InChI=1S/C81H134O17P2/c1-5-9-13-17-21-25-29-32-34-36-37-39-41-44-47-50-54-58-62-66-79(84)92-72-77(98-81(86)68-64-60-56-52-48-42-31-27-23-19-15-11-7-3)74-96-100(89,90)94-70-75(82)69-93-99(87,88)95-73-76(97-80(85)67-63-59-55-51-45-28-24-20-16-12-8-4)71-91-78(83)65-61-57-53-49-46-43-40-38-35-33-30-26-22-18-14-10-6-2/h9-10,13-15,19-22,24-27,31-35,37,39-40,43,49,53,75-77,82H,5-8,11-12,16-18,23,28-30,36,38,41-42,44-48,50-52,54-74H2,1-4H3,(H,87,88)(H,89,90)/b13-9-,14-10-,19-15-,24-20-,25-21-,26-22-,31-27-,34-32-,35-33-,39-37-,43-40-,53-49-. The summed E-state index contributed by atoms with van der Waals surface area (Å²) in [6, 6.07) is 0. The number of rotatable bonds is 70. The van der Waals surface area contributed by atoms with Crippen LogP contribution in [0.5, 0.6) is 0 Å². The number of allylic oxidation sites excluding steroid dienone is 24. The fourth-order valence-electron chi connectivity index (χ4n) is 9.50. The first-order chi connectivity index (χ1) is 48.7. The molecule has 0 aliphatic rings. The van der Waals surface area contributed by atoms with Crippen molar-refractivity contribution in [1.29, 1.82) is 0 Å². The van der Waals surface area contributed by atoms with Crippen molar-refractivity contribution in [3.05, 3.63) is 146 Å². The molecular formula is C81H134O17P2. The molecule has 100 heavy (non-hydrogen) atoms. The molecule has 0 radical (unpaired) electrons. The number of hydrogen-bond acceptors (Lipinski definition) is 15. The van der Waals surface area contributed by atoms with Gasteiger partial charge in [-0.3, -0.25) is 37.3 Å². The fraction of sp³-hybridized carbons (Fsp3) is 0.654. The van der Waals surface area contributed by atoms with Gasteiger partial charge in [0, 0.05) is 25.7 Å². The smallest absolute Gasteiger partial charge is 0.462 e. The summed E-state index contributed by atoms with van der Waals surface area (Å²) in [6.45, 7) is 4.42. The highest BCUT2D eigenvalue weighted by Crippen LogP contribution is 2.45. The van der Waals surface area contributed by atoms with E-state index in [1.807, 2.05) is 12.2 Å².